The Bertz CT molecular complexity index is 138. The Labute approximate surface area is 55.9 Å². The van der Waals surface area contributed by atoms with Crippen LogP contribution >= 0.6 is 11.8 Å². The van der Waals surface area contributed by atoms with Crippen LogP contribution in [-0.4, -0.2) is 23.7 Å². The zero-order valence-corrected chi connectivity index (χ0v) is 5.39. The van der Waals surface area contributed by atoms with Crippen molar-refractivity contribution in [1.29, 1.82) is 0 Å². The van der Waals surface area contributed by atoms with Gasteiger partial charge in [0.2, 0.25) is 5.37 Å². The SMILES string of the molecule is O=NC1SCCOC1=O. The fraction of sp³-hybridized carbons (Fsp3) is 0.750. The fourth-order valence-corrected chi connectivity index (χ4v) is 1.18. The van der Waals surface area contributed by atoms with Crippen LogP contribution in [-0.2, 0) is 9.53 Å². The zero-order valence-electron chi connectivity index (χ0n) is 4.57. The first-order valence-electron chi connectivity index (χ1n) is 2.45. The molecular weight excluding hydrogens is 142 g/mol. The van der Waals surface area contributed by atoms with Gasteiger partial charge in [-0.05, 0) is 5.18 Å². The summed E-state index contributed by atoms with van der Waals surface area (Å²) in [5, 5.41) is 1.75. The Morgan fingerprint density at radius 2 is 2.56 bits per heavy atom. The standard InChI is InChI=1S/C4H5NO3S/c6-4-3(5-7)9-2-1-8-4/h3H,1-2H2. The molecule has 0 bridgehead atoms. The monoisotopic (exact) mass is 147 g/mol. The second-order valence-corrected chi connectivity index (χ2v) is 2.68. The molecule has 1 rings (SSSR count). The van der Waals surface area contributed by atoms with Gasteiger partial charge in [0.15, 0.2) is 0 Å². The van der Waals surface area contributed by atoms with Gasteiger partial charge in [-0.2, -0.15) is 0 Å². The first-order chi connectivity index (χ1) is 4.34. The maximum atomic E-state index is 10.5. The summed E-state index contributed by atoms with van der Waals surface area (Å²) < 4.78 is 4.53. The quantitative estimate of drug-likeness (QED) is 0.397. The van der Waals surface area contributed by atoms with Gasteiger partial charge in [-0.15, -0.1) is 16.7 Å². The molecule has 0 aromatic heterocycles. The highest BCUT2D eigenvalue weighted by atomic mass is 32.2. The largest absolute Gasteiger partial charge is 0.462 e. The third-order valence-corrected chi connectivity index (χ3v) is 1.90. The number of thioether (sulfide) groups is 1. The van der Waals surface area contributed by atoms with Crippen molar-refractivity contribution in [1.82, 2.24) is 0 Å². The van der Waals surface area contributed by atoms with Crippen molar-refractivity contribution in [2.45, 2.75) is 5.37 Å². The zero-order chi connectivity index (χ0) is 6.69. The molecule has 9 heavy (non-hydrogen) atoms. The molecule has 1 fully saturated rings. The number of nitroso groups, excluding NO2 is 1. The van der Waals surface area contributed by atoms with Crippen molar-refractivity contribution in [2.24, 2.45) is 5.18 Å². The van der Waals surface area contributed by atoms with Gasteiger partial charge >= 0.3 is 5.97 Å². The molecular formula is C4H5NO3S. The van der Waals surface area contributed by atoms with E-state index in [1.165, 1.54) is 11.8 Å². The van der Waals surface area contributed by atoms with Crippen molar-refractivity contribution >= 4 is 17.7 Å². The van der Waals surface area contributed by atoms with Gasteiger partial charge in [0.25, 0.3) is 0 Å². The third-order valence-electron chi connectivity index (χ3n) is 0.901. The predicted molar refractivity (Wildman–Crippen MR) is 33.0 cm³/mol. The molecule has 0 radical (unpaired) electrons. The van der Waals surface area contributed by atoms with Crippen LogP contribution in [0.2, 0.25) is 0 Å². The third kappa shape index (κ3) is 1.41. The Morgan fingerprint density at radius 1 is 1.78 bits per heavy atom. The molecule has 0 aromatic rings. The molecule has 1 aliphatic heterocycles. The average Bonchev–Trinajstić information content (AvgIpc) is 1.89. The van der Waals surface area contributed by atoms with E-state index < -0.39 is 11.3 Å². The van der Waals surface area contributed by atoms with Crippen LogP contribution < -0.4 is 0 Å². The Balaban J connectivity index is 2.48. The molecule has 5 heteroatoms. The summed E-state index contributed by atoms with van der Waals surface area (Å²) in [5.41, 5.74) is 0. The second kappa shape index (κ2) is 2.82. The molecule has 1 atom stereocenters. The van der Waals surface area contributed by atoms with E-state index in [2.05, 4.69) is 9.91 Å². The summed E-state index contributed by atoms with van der Waals surface area (Å²) in [6, 6.07) is 0. The lowest BCUT2D eigenvalue weighted by Gasteiger charge is -2.13. The number of ether oxygens (including phenoxy) is 1. The molecule has 0 amide bonds. The number of carbonyl (C=O) groups excluding carboxylic acids is 1. The van der Waals surface area contributed by atoms with Gasteiger partial charge in [-0.1, -0.05) is 0 Å². The summed E-state index contributed by atoms with van der Waals surface area (Å²) in [5.74, 6) is 0.156. The molecule has 0 aliphatic carbocycles. The van der Waals surface area contributed by atoms with E-state index in [4.69, 9.17) is 0 Å². The molecule has 0 saturated carbocycles. The highest BCUT2D eigenvalue weighted by Gasteiger charge is 2.24. The summed E-state index contributed by atoms with van der Waals surface area (Å²) in [6.07, 6.45) is 0. The number of carbonyl (C=O) groups is 1. The lowest BCUT2D eigenvalue weighted by Crippen LogP contribution is -2.25. The molecule has 0 N–H and O–H groups in total. The van der Waals surface area contributed by atoms with E-state index in [1.807, 2.05) is 0 Å². The normalized spacial score (nSPS) is 27.1. The maximum Gasteiger partial charge on any atom is 0.345 e. The number of rotatable bonds is 1. The minimum Gasteiger partial charge on any atom is -0.462 e. The second-order valence-electron chi connectivity index (χ2n) is 1.50. The molecule has 50 valence electrons. The molecule has 1 heterocycles. The molecule has 0 spiro atoms. The number of hydrogen-bond acceptors (Lipinski definition) is 5. The molecule has 0 aromatic carbocycles. The number of hydrogen-bond donors (Lipinski definition) is 0. The van der Waals surface area contributed by atoms with Crippen molar-refractivity contribution in [2.75, 3.05) is 12.4 Å². The first-order valence-corrected chi connectivity index (χ1v) is 3.50. The van der Waals surface area contributed by atoms with Crippen LogP contribution in [0.15, 0.2) is 5.18 Å². The summed E-state index contributed by atoms with van der Waals surface area (Å²) in [4.78, 5) is 20.3. The molecule has 4 nitrogen and oxygen atoms in total. The molecule has 1 aliphatic rings. The van der Waals surface area contributed by atoms with Gasteiger partial charge in [-0.3, -0.25) is 0 Å². The Hall–Kier alpha value is -0.580. The van der Waals surface area contributed by atoms with Crippen LogP contribution in [0.4, 0.5) is 0 Å². The van der Waals surface area contributed by atoms with E-state index >= 15 is 0 Å². The average molecular weight is 147 g/mol. The van der Waals surface area contributed by atoms with Gasteiger partial charge in [0, 0.05) is 5.75 Å². The van der Waals surface area contributed by atoms with Crippen LogP contribution in [0.5, 0.6) is 0 Å². The van der Waals surface area contributed by atoms with E-state index in [1.54, 1.807) is 0 Å². The minimum absolute atomic E-state index is 0.398. The lowest BCUT2D eigenvalue weighted by molar-refractivity contribution is -0.142. The van der Waals surface area contributed by atoms with Crippen molar-refractivity contribution in [3.63, 3.8) is 0 Å². The van der Waals surface area contributed by atoms with E-state index in [-0.39, 0.29) is 0 Å². The number of cyclic esters (lactones) is 1. The van der Waals surface area contributed by atoms with E-state index in [0.717, 1.165) is 0 Å². The van der Waals surface area contributed by atoms with Crippen molar-refractivity contribution in [3.8, 4) is 0 Å². The maximum absolute atomic E-state index is 10.5. The van der Waals surface area contributed by atoms with Gasteiger partial charge < -0.3 is 4.74 Å². The van der Waals surface area contributed by atoms with Crippen molar-refractivity contribution < 1.29 is 9.53 Å². The number of nitrogens with zero attached hydrogens (tertiary/aromatic N) is 1. The summed E-state index contributed by atoms with van der Waals surface area (Å²) in [7, 11) is 0. The number of esters is 1. The van der Waals surface area contributed by atoms with Crippen LogP contribution in [0.3, 0.4) is 0 Å². The van der Waals surface area contributed by atoms with Crippen molar-refractivity contribution in [3.05, 3.63) is 4.91 Å². The van der Waals surface area contributed by atoms with Gasteiger partial charge in [-0.25, -0.2) is 4.79 Å². The fourth-order valence-electron chi connectivity index (χ4n) is 0.515. The topological polar surface area (TPSA) is 55.7 Å². The van der Waals surface area contributed by atoms with Gasteiger partial charge in [0.1, 0.15) is 6.61 Å². The molecule has 1 saturated heterocycles. The predicted octanol–water partition coefficient (Wildman–Crippen LogP) is 0.369. The summed E-state index contributed by atoms with van der Waals surface area (Å²) >= 11 is 1.22. The van der Waals surface area contributed by atoms with Crippen LogP contribution in [0.25, 0.3) is 0 Å². The minimum atomic E-state index is -0.821. The highest BCUT2D eigenvalue weighted by Crippen LogP contribution is 2.17. The first kappa shape index (κ1) is 6.54. The lowest BCUT2D eigenvalue weighted by atomic mass is 10.6. The van der Waals surface area contributed by atoms with Crippen LogP contribution in [0, 0.1) is 4.91 Å². The molecule has 1 unspecified atom stereocenters. The Kier molecular flexibility index (Phi) is 2.05. The smallest absolute Gasteiger partial charge is 0.345 e. The van der Waals surface area contributed by atoms with Gasteiger partial charge in [0.05, 0.1) is 0 Å². The van der Waals surface area contributed by atoms with E-state index in [9.17, 15) is 9.70 Å². The Morgan fingerprint density at radius 3 is 3.00 bits per heavy atom. The summed E-state index contributed by atoms with van der Waals surface area (Å²) in [6.45, 7) is 0.398. The van der Waals surface area contributed by atoms with Crippen LogP contribution in [0.1, 0.15) is 0 Å². The van der Waals surface area contributed by atoms with E-state index in [0.29, 0.717) is 12.4 Å². The highest BCUT2D eigenvalue weighted by molar-refractivity contribution is 8.00.